The molecule has 1 aliphatic carbocycles. The van der Waals surface area contributed by atoms with Crippen LogP contribution < -0.4 is 5.32 Å². The Kier molecular flexibility index (Phi) is 5.94. The van der Waals surface area contributed by atoms with Crippen LogP contribution in [0.15, 0.2) is 53.6 Å². The Morgan fingerprint density at radius 2 is 1.77 bits per heavy atom. The second-order valence-electron chi connectivity index (χ2n) is 7.26. The average Bonchev–Trinajstić information content (AvgIpc) is 3.24. The van der Waals surface area contributed by atoms with Crippen LogP contribution in [0.5, 0.6) is 0 Å². The predicted molar refractivity (Wildman–Crippen MR) is 111 cm³/mol. The zero-order valence-corrected chi connectivity index (χ0v) is 16.9. The van der Waals surface area contributed by atoms with E-state index in [1.165, 1.54) is 6.07 Å². The molecule has 0 saturated heterocycles. The number of amides is 1. The molecule has 0 spiro atoms. The van der Waals surface area contributed by atoms with Gasteiger partial charge >= 0.3 is 6.18 Å². The van der Waals surface area contributed by atoms with E-state index in [4.69, 9.17) is 0 Å². The van der Waals surface area contributed by atoms with Crippen molar-refractivity contribution >= 4 is 28.6 Å². The minimum absolute atomic E-state index is 0.0904. The fraction of sp³-hybridized carbons (Fsp3) is 0.318. The summed E-state index contributed by atoms with van der Waals surface area (Å²) in [6.45, 7) is 0. The Morgan fingerprint density at radius 3 is 2.47 bits per heavy atom. The lowest BCUT2D eigenvalue weighted by Crippen LogP contribution is -2.33. The number of thioether (sulfide) groups is 1. The fourth-order valence-corrected chi connectivity index (χ4v) is 4.47. The highest BCUT2D eigenvalue weighted by molar-refractivity contribution is 8.00. The largest absolute Gasteiger partial charge is 0.418 e. The molecular weight excluding hydrogens is 411 g/mol. The van der Waals surface area contributed by atoms with E-state index < -0.39 is 11.7 Å². The van der Waals surface area contributed by atoms with E-state index >= 15 is 0 Å². The molecule has 3 aromatic rings. The van der Waals surface area contributed by atoms with Crippen LogP contribution in [0.25, 0.3) is 22.3 Å². The van der Waals surface area contributed by atoms with Gasteiger partial charge in [-0.1, -0.05) is 67.1 Å². The van der Waals surface area contributed by atoms with Crippen LogP contribution in [0.2, 0.25) is 0 Å². The molecule has 1 heterocycles. The number of benzene rings is 2. The van der Waals surface area contributed by atoms with Gasteiger partial charge < -0.3 is 5.32 Å². The highest BCUT2D eigenvalue weighted by Crippen LogP contribution is 2.37. The van der Waals surface area contributed by atoms with Gasteiger partial charge in [0.2, 0.25) is 5.91 Å². The van der Waals surface area contributed by atoms with Crippen molar-refractivity contribution in [3.8, 4) is 11.4 Å². The zero-order valence-electron chi connectivity index (χ0n) is 16.1. The van der Waals surface area contributed by atoms with Gasteiger partial charge in [0.05, 0.1) is 16.8 Å². The third kappa shape index (κ3) is 4.59. The highest BCUT2D eigenvalue weighted by Gasteiger charge is 2.34. The van der Waals surface area contributed by atoms with Crippen molar-refractivity contribution in [1.29, 1.82) is 0 Å². The summed E-state index contributed by atoms with van der Waals surface area (Å²) < 4.78 is 40.8. The van der Waals surface area contributed by atoms with E-state index in [9.17, 15) is 18.0 Å². The molecule has 2 aromatic carbocycles. The normalized spacial score (nSPS) is 14.9. The van der Waals surface area contributed by atoms with Gasteiger partial charge in [0.1, 0.15) is 5.03 Å². The lowest BCUT2D eigenvalue weighted by Gasteiger charge is -2.14. The first-order chi connectivity index (χ1) is 14.4. The van der Waals surface area contributed by atoms with Gasteiger partial charge in [0, 0.05) is 17.0 Å². The van der Waals surface area contributed by atoms with E-state index in [1.807, 2.05) is 6.07 Å². The Labute approximate surface area is 176 Å². The van der Waals surface area contributed by atoms with Gasteiger partial charge in [0.15, 0.2) is 5.82 Å². The summed E-state index contributed by atoms with van der Waals surface area (Å²) in [6.07, 6.45) is -0.381. The number of fused-ring (bicyclic) bond motifs is 1. The second kappa shape index (κ2) is 8.63. The molecule has 1 amide bonds. The van der Waals surface area contributed by atoms with Crippen LogP contribution >= 0.6 is 11.8 Å². The standard InChI is InChI=1S/C22H20F3N3OS/c23-22(24,25)17-12-6-11-16-19(17)27-20(14-7-2-1-3-8-14)28-21(16)30-13-18(29)26-15-9-4-5-10-15/h1-3,6-8,11-12,15H,4-5,9-10,13H2,(H,26,29). The van der Waals surface area contributed by atoms with Gasteiger partial charge in [-0.15, -0.1) is 0 Å². The first kappa shape index (κ1) is 20.7. The zero-order chi connectivity index (χ0) is 21.1. The van der Waals surface area contributed by atoms with Crippen molar-refractivity contribution in [2.45, 2.75) is 42.9 Å². The summed E-state index contributed by atoms with van der Waals surface area (Å²) in [4.78, 5) is 21.1. The molecule has 1 N–H and O–H groups in total. The van der Waals surface area contributed by atoms with Crippen molar-refractivity contribution in [3.63, 3.8) is 0 Å². The first-order valence-electron chi connectivity index (χ1n) is 9.77. The summed E-state index contributed by atoms with van der Waals surface area (Å²) in [5.41, 5.74) is -0.344. The number of nitrogens with zero attached hydrogens (tertiary/aromatic N) is 2. The van der Waals surface area contributed by atoms with Crippen molar-refractivity contribution in [2.24, 2.45) is 0 Å². The van der Waals surface area contributed by atoms with E-state index in [1.54, 1.807) is 30.3 Å². The summed E-state index contributed by atoms with van der Waals surface area (Å²) in [6, 6.07) is 13.0. The maximum Gasteiger partial charge on any atom is 0.418 e. The molecule has 1 aromatic heterocycles. The molecule has 1 saturated carbocycles. The van der Waals surface area contributed by atoms with Crippen molar-refractivity contribution < 1.29 is 18.0 Å². The number of carbonyl (C=O) groups is 1. The highest BCUT2D eigenvalue weighted by atomic mass is 32.2. The van der Waals surface area contributed by atoms with E-state index in [-0.39, 0.29) is 29.0 Å². The van der Waals surface area contributed by atoms with E-state index in [0.29, 0.717) is 16.0 Å². The van der Waals surface area contributed by atoms with Crippen LogP contribution in [0.3, 0.4) is 0 Å². The van der Waals surface area contributed by atoms with E-state index in [2.05, 4.69) is 15.3 Å². The smallest absolute Gasteiger partial charge is 0.353 e. The minimum Gasteiger partial charge on any atom is -0.353 e. The van der Waals surface area contributed by atoms with Crippen molar-refractivity contribution in [3.05, 3.63) is 54.1 Å². The summed E-state index contributed by atoms with van der Waals surface area (Å²) in [5.74, 6) is 0.165. The predicted octanol–water partition coefficient (Wildman–Crippen LogP) is 5.47. The molecule has 156 valence electrons. The van der Waals surface area contributed by atoms with Crippen LogP contribution in [-0.4, -0.2) is 27.7 Å². The molecule has 0 radical (unpaired) electrons. The van der Waals surface area contributed by atoms with Crippen LogP contribution in [0, 0.1) is 0 Å². The van der Waals surface area contributed by atoms with Crippen LogP contribution in [0.1, 0.15) is 31.2 Å². The number of nitrogens with one attached hydrogen (secondary N) is 1. The van der Waals surface area contributed by atoms with Gasteiger partial charge in [-0.25, -0.2) is 9.97 Å². The number of hydrogen-bond donors (Lipinski definition) is 1. The van der Waals surface area contributed by atoms with Gasteiger partial charge in [-0.05, 0) is 18.9 Å². The molecule has 4 nitrogen and oxygen atoms in total. The monoisotopic (exact) mass is 431 g/mol. The Balaban J connectivity index is 1.70. The second-order valence-corrected chi connectivity index (χ2v) is 8.22. The molecule has 0 aliphatic heterocycles. The number of hydrogen-bond acceptors (Lipinski definition) is 4. The molecule has 8 heteroatoms. The third-order valence-electron chi connectivity index (χ3n) is 5.09. The number of halogens is 3. The molecule has 30 heavy (non-hydrogen) atoms. The maximum absolute atomic E-state index is 13.6. The molecule has 1 aliphatic rings. The lowest BCUT2D eigenvalue weighted by atomic mass is 10.1. The Hall–Kier alpha value is -2.61. The summed E-state index contributed by atoms with van der Waals surface area (Å²) in [7, 11) is 0. The minimum atomic E-state index is -4.54. The first-order valence-corrected chi connectivity index (χ1v) is 10.8. The number of para-hydroxylation sites is 1. The van der Waals surface area contributed by atoms with E-state index in [0.717, 1.165) is 43.5 Å². The Morgan fingerprint density at radius 1 is 1.03 bits per heavy atom. The molecule has 1 fully saturated rings. The summed E-state index contributed by atoms with van der Waals surface area (Å²) in [5, 5.41) is 3.66. The molecule has 0 unspecified atom stereocenters. The molecule has 0 bridgehead atoms. The molecule has 0 atom stereocenters. The number of aromatic nitrogens is 2. The van der Waals surface area contributed by atoms with Gasteiger partial charge in [-0.2, -0.15) is 13.2 Å². The fourth-order valence-electron chi connectivity index (χ4n) is 3.65. The summed E-state index contributed by atoms with van der Waals surface area (Å²) >= 11 is 1.14. The van der Waals surface area contributed by atoms with Crippen LogP contribution in [0.4, 0.5) is 13.2 Å². The number of carbonyl (C=O) groups excluding carboxylic acids is 1. The number of alkyl halides is 3. The maximum atomic E-state index is 13.6. The van der Waals surface area contributed by atoms with Crippen molar-refractivity contribution in [1.82, 2.24) is 15.3 Å². The molecular formula is C22H20F3N3OS. The third-order valence-corrected chi connectivity index (χ3v) is 6.08. The molecule has 4 rings (SSSR count). The topological polar surface area (TPSA) is 54.9 Å². The van der Waals surface area contributed by atoms with Crippen molar-refractivity contribution in [2.75, 3.05) is 5.75 Å². The average molecular weight is 431 g/mol. The quantitative estimate of drug-likeness (QED) is 0.430. The number of rotatable bonds is 5. The SMILES string of the molecule is O=C(CSc1nc(-c2ccccc2)nc2c(C(F)(F)F)cccc12)NC1CCCC1. The van der Waals surface area contributed by atoms with Gasteiger partial charge in [0.25, 0.3) is 0 Å². The lowest BCUT2D eigenvalue weighted by molar-refractivity contribution is -0.136. The van der Waals surface area contributed by atoms with Gasteiger partial charge in [-0.3, -0.25) is 4.79 Å². The Bertz CT molecular complexity index is 1050. The van der Waals surface area contributed by atoms with Crippen LogP contribution in [-0.2, 0) is 11.0 Å².